The van der Waals surface area contributed by atoms with Crippen LogP contribution < -0.4 is 4.90 Å². The molecule has 4 heteroatoms. The molecule has 1 N–H and O–H groups in total. The Balaban J connectivity index is 1.97. The van der Waals surface area contributed by atoms with Gasteiger partial charge in [0.05, 0.1) is 5.69 Å². The van der Waals surface area contributed by atoms with Crippen molar-refractivity contribution in [3.63, 3.8) is 0 Å². The molecular formula is C20H18N2O2. The third-order valence-electron chi connectivity index (χ3n) is 3.80. The molecule has 3 rings (SSSR count). The van der Waals surface area contributed by atoms with Crippen molar-refractivity contribution in [2.24, 2.45) is 0 Å². The fourth-order valence-corrected chi connectivity index (χ4v) is 2.66. The predicted octanol–water partition coefficient (Wildman–Crippen LogP) is 3.99. The summed E-state index contributed by atoms with van der Waals surface area (Å²) in [6.07, 6.45) is 3.03. The first-order valence-electron chi connectivity index (χ1n) is 7.74. The lowest BCUT2D eigenvalue weighted by Gasteiger charge is -2.26. The zero-order chi connectivity index (χ0) is 16.8. The summed E-state index contributed by atoms with van der Waals surface area (Å²) in [5.41, 5.74) is 3.14. The number of rotatable bonds is 6. The molecule has 1 heterocycles. The van der Waals surface area contributed by atoms with Crippen molar-refractivity contribution in [2.75, 3.05) is 4.90 Å². The van der Waals surface area contributed by atoms with E-state index < -0.39 is 5.97 Å². The van der Waals surface area contributed by atoms with Crippen LogP contribution in [-0.4, -0.2) is 16.1 Å². The molecule has 0 atom stereocenters. The van der Waals surface area contributed by atoms with Crippen LogP contribution >= 0.6 is 0 Å². The Hall–Kier alpha value is -3.14. The molecule has 0 aliphatic carbocycles. The van der Waals surface area contributed by atoms with Gasteiger partial charge in [0.15, 0.2) is 0 Å². The van der Waals surface area contributed by atoms with E-state index in [2.05, 4.69) is 9.88 Å². The molecule has 0 bridgehead atoms. The quantitative estimate of drug-likeness (QED) is 0.747. The second-order valence-electron chi connectivity index (χ2n) is 5.53. The maximum Gasteiger partial charge on any atom is 0.339 e. The summed E-state index contributed by atoms with van der Waals surface area (Å²) >= 11 is 0. The molecule has 0 spiro atoms. The third kappa shape index (κ3) is 3.79. The van der Waals surface area contributed by atoms with Crippen LogP contribution in [0.5, 0.6) is 0 Å². The van der Waals surface area contributed by atoms with Crippen LogP contribution in [0.25, 0.3) is 0 Å². The van der Waals surface area contributed by atoms with Crippen LogP contribution in [0.15, 0.2) is 79.1 Å². The molecule has 0 unspecified atom stereocenters. The SMILES string of the molecule is O=C(O)c1cnccc1N(Cc1ccccc1)Cc1ccccc1. The highest BCUT2D eigenvalue weighted by Gasteiger charge is 2.17. The molecule has 3 aromatic rings. The number of carbonyl (C=O) groups is 1. The molecule has 0 saturated heterocycles. The van der Waals surface area contributed by atoms with Gasteiger partial charge in [-0.3, -0.25) is 4.98 Å². The zero-order valence-corrected chi connectivity index (χ0v) is 13.2. The largest absolute Gasteiger partial charge is 0.478 e. The van der Waals surface area contributed by atoms with E-state index in [4.69, 9.17) is 0 Å². The van der Waals surface area contributed by atoms with Crippen molar-refractivity contribution in [3.05, 3.63) is 95.8 Å². The summed E-state index contributed by atoms with van der Waals surface area (Å²) in [5.74, 6) is -0.968. The van der Waals surface area contributed by atoms with Crippen LogP contribution in [0.2, 0.25) is 0 Å². The number of aromatic nitrogens is 1. The van der Waals surface area contributed by atoms with Gasteiger partial charge >= 0.3 is 5.97 Å². The van der Waals surface area contributed by atoms with Crippen molar-refractivity contribution in [3.8, 4) is 0 Å². The zero-order valence-electron chi connectivity index (χ0n) is 13.2. The maximum atomic E-state index is 11.6. The number of aromatic carboxylic acids is 1. The Kier molecular flexibility index (Phi) is 4.87. The van der Waals surface area contributed by atoms with Crippen LogP contribution in [0.4, 0.5) is 5.69 Å². The minimum atomic E-state index is -0.968. The molecule has 0 saturated carbocycles. The normalized spacial score (nSPS) is 10.3. The van der Waals surface area contributed by atoms with Gasteiger partial charge in [0.2, 0.25) is 0 Å². The first-order valence-corrected chi connectivity index (χ1v) is 7.74. The number of nitrogens with zero attached hydrogens (tertiary/aromatic N) is 2. The number of benzene rings is 2. The average molecular weight is 318 g/mol. The Morgan fingerprint density at radius 1 is 0.875 bits per heavy atom. The smallest absolute Gasteiger partial charge is 0.339 e. The first-order chi connectivity index (χ1) is 11.7. The summed E-state index contributed by atoms with van der Waals surface area (Å²) in [5, 5.41) is 9.48. The van der Waals surface area contributed by atoms with Gasteiger partial charge in [-0.2, -0.15) is 0 Å². The standard InChI is InChI=1S/C20H18N2O2/c23-20(24)18-13-21-12-11-19(18)22(14-16-7-3-1-4-8-16)15-17-9-5-2-6-10-17/h1-13H,14-15H2,(H,23,24). The van der Waals surface area contributed by atoms with Crippen molar-refractivity contribution in [2.45, 2.75) is 13.1 Å². The second-order valence-corrected chi connectivity index (χ2v) is 5.53. The van der Waals surface area contributed by atoms with Gasteiger partial charge in [-0.05, 0) is 17.2 Å². The molecule has 0 aliphatic heterocycles. The number of hydrogen-bond donors (Lipinski definition) is 1. The molecular weight excluding hydrogens is 300 g/mol. The van der Waals surface area contributed by atoms with E-state index in [0.29, 0.717) is 18.8 Å². The van der Waals surface area contributed by atoms with Gasteiger partial charge in [0.25, 0.3) is 0 Å². The minimum Gasteiger partial charge on any atom is -0.478 e. The van der Waals surface area contributed by atoms with Gasteiger partial charge in [-0.15, -0.1) is 0 Å². The van der Waals surface area contributed by atoms with E-state index in [1.807, 2.05) is 60.7 Å². The molecule has 0 aliphatic rings. The highest BCUT2D eigenvalue weighted by Crippen LogP contribution is 2.24. The molecule has 1 aromatic heterocycles. The molecule has 24 heavy (non-hydrogen) atoms. The van der Waals surface area contributed by atoms with Gasteiger partial charge in [0.1, 0.15) is 5.56 Å². The Bertz CT molecular complexity index is 763. The van der Waals surface area contributed by atoms with Crippen molar-refractivity contribution in [1.82, 2.24) is 4.98 Å². The second kappa shape index (κ2) is 7.42. The fourth-order valence-electron chi connectivity index (χ4n) is 2.66. The number of pyridine rings is 1. The maximum absolute atomic E-state index is 11.6. The summed E-state index contributed by atoms with van der Waals surface area (Å²) in [6.45, 7) is 1.25. The lowest BCUT2D eigenvalue weighted by molar-refractivity contribution is 0.0697. The van der Waals surface area contributed by atoms with E-state index in [1.54, 1.807) is 12.3 Å². The van der Waals surface area contributed by atoms with E-state index >= 15 is 0 Å². The Labute approximate surface area is 141 Å². The van der Waals surface area contributed by atoms with E-state index in [-0.39, 0.29) is 5.56 Å². The van der Waals surface area contributed by atoms with Crippen LogP contribution in [0.3, 0.4) is 0 Å². The monoisotopic (exact) mass is 318 g/mol. The number of carboxylic acids is 1. The minimum absolute atomic E-state index is 0.212. The molecule has 4 nitrogen and oxygen atoms in total. The van der Waals surface area contributed by atoms with Gasteiger partial charge < -0.3 is 10.0 Å². The Morgan fingerprint density at radius 3 is 1.92 bits per heavy atom. The Morgan fingerprint density at radius 2 is 1.42 bits per heavy atom. The lowest BCUT2D eigenvalue weighted by Crippen LogP contribution is -2.24. The molecule has 0 radical (unpaired) electrons. The summed E-state index contributed by atoms with van der Waals surface area (Å²) in [7, 11) is 0. The summed E-state index contributed by atoms with van der Waals surface area (Å²) < 4.78 is 0. The molecule has 120 valence electrons. The average Bonchev–Trinajstić information content (AvgIpc) is 2.63. The third-order valence-corrected chi connectivity index (χ3v) is 3.80. The molecule has 0 fully saturated rings. The fraction of sp³-hybridized carbons (Fsp3) is 0.100. The van der Waals surface area contributed by atoms with Gasteiger partial charge in [-0.25, -0.2) is 4.79 Å². The lowest BCUT2D eigenvalue weighted by atomic mass is 10.1. The number of hydrogen-bond acceptors (Lipinski definition) is 3. The van der Waals surface area contributed by atoms with Crippen molar-refractivity contribution < 1.29 is 9.90 Å². The van der Waals surface area contributed by atoms with E-state index in [0.717, 1.165) is 11.1 Å². The summed E-state index contributed by atoms with van der Waals surface area (Å²) in [4.78, 5) is 17.6. The predicted molar refractivity (Wildman–Crippen MR) is 94.0 cm³/mol. The van der Waals surface area contributed by atoms with Crippen LogP contribution in [0.1, 0.15) is 21.5 Å². The van der Waals surface area contributed by atoms with E-state index in [1.165, 1.54) is 6.20 Å². The van der Waals surface area contributed by atoms with Crippen molar-refractivity contribution in [1.29, 1.82) is 0 Å². The molecule has 0 amide bonds. The topological polar surface area (TPSA) is 53.4 Å². The highest BCUT2D eigenvalue weighted by molar-refractivity contribution is 5.94. The number of carboxylic acid groups (broad SMARTS) is 1. The van der Waals surface area contributed by atoms with Gasteiger partial charge in [0, 0.05) is 25.5 Å². The first kappa shape index (κ1) is 15.7. The van der Waals surface area contributed by atoms with Crippen LogP contribution in [0, 0.1) is 0 Å². The molecule has 2 aromatic carbocycles. The summed E-state index contributed by atoms with van der Waals surface area (Å²) in [6, 6.07) is 21.8. The number of anilines is 1. The van der Waals surface area contributed by atoms with E-state index in [9.17, 15) is 9.90 Å². The highest BCUT2D eigenvalue weighted by atomic mass is 16.4. The van der Waals surface area contributed by atoms with Crippen LogP contribution in [-0.2, 0) is 13.1 Å². The van der Waals surface area contributed by atoms with Crippen molar-refractivity contribution >= 4 is 11.7 Å². The van der Waals surface area contributed by atoms with Gasteiger partial charge in [-0.1, -0.05) is 60.7 Å².